The SMILES string of the molecule is COc1cccc(Oc2cc(NN)ncn2)c1. The van der Waals surface area contributed by atoms with Gasteiger partial charge in [-0.3, -0.25) is 0 Å². The normalized spacial score (nSPS) is 9.76. The van der Waals surface area contributed by atoms with Crippen LogP contribution in [0.1, 0.15) is 0 Å². The Morgan fingerprint density at radius 1 is 1.18 bits per heavy atom. The van der Waals surface area contributed by atoms with Gasteiger partial charge in [0.25, 0.3) is 0 Å². The van der Waals surface area contributed by atoms with Crippen LogP contribution in [-0.4, -0.2) is 17.1 Å². The molecule has 0 bridgehead atoms. The van der Waals surface area contributed by atoms with Crippen LogP contribution in [0.2, 0.25) is 0 Å². The second-order valence-electron chi connectivity index (χ2n) is 3.17. The van der Waals surface area contributed by atoms with Gasteiger partial charge in [-0.25, -0.2) is 15.8 Å². The topological polar surface area (TPSA) is 82.3 Å². The largest absolute Gasteiger partial charge is 0.497 e. The second kappa shape index (κ2) is 5.13. The molecule has 17 heavy (non-hydrogen) atoms. The summed E-state index contributed by atoms with van der Waals surface area (Å²) in [6.07, 6.45) is 1.37. The van der Waals surface area contributed by atoms with E-state index in [-0.39, 0.29) is 0 Å². The van der Waals surface area contributed by atoms with Crippen molar-refractivity contribution in [3.05, 3.63) is 36.7 Å². The molecule has 0 fully saturated rings. The zero-order valence-corrected chi connectivity index (χ0v) is 9.25. The Bertz CT molecular complexity index is 459. The van der Waals surface area contributed by atoms with Crippen LogP contribution >= 0.6 is 0 Å². The van der Waals surface area contributed by atoms with E-state index in [1.807, 2.05) is 12.1 Å². The maximum atomic E-state index is 5.54. The molecule has 0 aliphatic heterocycles. The van der Waals surface area contributed by atoms with Crippen molar-refractivity contribution in [3.63, 3.8) is 0 Å². The molecule has 3 N–H and O–H groups in total. The zero-order valence-electron chi connectivity index (χ0n) is 9.25. The highest BCUT2D eigenvalue weighted by atomic mass is 16.5. The number of nitrogens with zero attached hydrogens (tertiary/aromatic N) is 2. The quantitative estimate of drug-likeness (QED) is 0.615. The molecule has 0 amide bonds. The minimum absolute atomic E-state index is 0.404. The fourth-order valence-electron chi connectivity index (χ4n) is 1.26. The van der Waals surface area contributed by atoms with Crippen molar-refractivity contribution in [3.8, 4) is 17.4 Å². The third kappa shape index (κ3) is 2.82. The third-order valence-electron chi connectivity index (χ3n) is 2.05. The van der Waals surface area contributed by atoms with Gasteiger partial charge >= 0.3 is 0 Å². The van der Waals surface area contributed by atoms with Crippen molar-refractivity contribution in [2.45, 2.75) is 0 Å². The number of ether oxygens (including phenoxy) is 2. The Balaban J connectivity index is 2.18. The van der Waals surface area contributed by atoms with E-state index in [1.165, 1.54) is 6.33 Å². The summed E-state index contributed by atoms with van der Waals surface area (Å²) in [4.78, 5) is 7.85. The molecule has 1 aromatic heterocycles. The minimum atomic E-state index is 0.404. The number of anilines is 1. The summed E-state index contributed by atoms with van der Waals surface area (Å²) in [5.74, 6) is 7.48. The van der Waals surface area contributed by atoms with Gasteiger partial charge in [0.1, 0.15) is 23.6 Å². The van der Waals surface area contributed by atoms with E-state index in [0.29, 0.717) is 23.2 Å². The van der Waals surface area contributed by atoms with Crippen LogP contribution in [0.15, 0.2) is 36.7 Å². The molecule has 0 radical (unpaired) electrons. The minimum Gasteiger partial charge on any atom is -0.497 e. The highest BCUT2D eigenvalue weighted by Crippen LogP contribution is 2.24. The molecule has 88 valence electrons. The lowest BCUT2D eigenvalue weighted by molar-refractivity contribution is 0.407. The molecule has 0 saturated heterocycles. The standard InChI is InChI=1S/C11H12N4O2/c1-16-8-3-2-4-9(5-8)17-11-6-10(15-12)13-7-14-11/h2-7H,12H2,1H3,(H,13,14,15). The number of aromatic nitrogens is 2. The Morgan fingerprint density at radius 3 is 2.76 bits per heavy atom. The van der Waals surface area contributed by atoms with Gasteiger partial charge < -0.3 is 14.9 Å². The molecule has 2 aromatic rings. The summed E-state index contributed by atoms with van der Waals surface area (Å²) in [5, 5.41) is 0. The van der Waals surface area contributed by atoms with Crippen molar-refractivity contribution in [1.82, 2.24) is 9.97 Å². The molecule has 6 heteroatoms. The number of hydrogen-bond donors (Lipinski definition) is 2. The fraction of sp³-hybridized carbons (Fsp3) is 0.0909. The summed E-state index contributed by atoms with van der Waals surface area (Å²) in [7, 11) is 1.60. The second-order valence-corrected chi connectivity index (χ2v) is 3.17. The maximum absolute atomic E-state index is 5.54. The predicted octanol–water partition coefficient (Wildman–Crippen LogP) is 1.56. The van der Waals surface area contributed by atoms with Gasteiger partial charge in [0.05, 0.1) is 7.11 Å². The van der Waals surface area contributed by atoms with Crippen molar-refractivity contribution < 1.29 is 9.47 Å². The molecule has 1 heterocycles. The van der Waals surface area contributed by atoms with Gasteiger partial charge in [-0.05, 0) is 12.1 Å². The van der Waals surface area contributed by atoms with Gasteiger partial charge in [-0.15, -0.1) is 0 Å². The molecule has 0 saturated carbocycles. The molecule has 0 spiro atoms. The van der Waals surface area contributed by atoms with E-state index in [0.717, 1.165) is 0 Å². The monoisotopic (exact) mass is 232 g/mol. The van der Waals surface area contributed by atoms with Crippen LogP contribution in [0.4, 0.5) is 5.82 Å². The van der Waals surface area contributed by atoms with Crippen LogP contribution in [-0.2, 0) is 0 Å². The molecular formula is C11H12N4O2. The van der Waals surface area contributed by atoms with E-state index < -0.39 is 0 Å². The summed E-state index contributed by atoms with van der Waals surface area (Å²) in [6.45, 7) is 0. The van der Waals surface area contributed by atoms with Crippen molar-refractivity contribution >= 4 is 5.82 Å². The molecule has 6 nitrogen and oxygen atoms in total. The number of nitrogens with two attached hydrogens (primary N) is 1. The maximum Gasteiger partial charge on any atom is 0.224 e. The predicted molar refractivity (Wildman–Crippen MR) is 62.9 cm³/mol. The number of nitrogen functional groups attached to an aromatic ring is 1. The van der Waals surface area contributed by atoms with Gasteiger partial charge in [-0.2, -0.15) is 0 Å². The summed E-state index contributed by atoms with van der Waals surface area (Å²) >= 11 is 0. The first-order chi connectivity index (χ1) is 8.31. The lowest BCUT2D eigenvalue weighted by Gasteiger charge is -2.06. The first-order valence-electron chi connectivity index (χ1n) is 4.92. The summed E-state index contributed by atoms with van der Waals surface area (Å²) < 4.78 is 10.6. The van der Waals surface area contributed by atoms with Crippen LogP contribution in [0.3, 0.4) is 0 Å². The fourth-order valence-corrected chi connectivity index (χ4v) is 1.26. The zero-order chi connectivity index (χ0) is 12.1. The third-order valence-corrected chi connectivity index (χ3v) is 2.05. The molecule has 0 aliphatic carbocycles. The highest BCUT2D eigenvalue weighted by molar-refractivity contribution is 5.39. The first kappa shape index (κ1) is 11.2. The number of methoxy groups -OCH3 is 1. The highest BCUT2D eigenvalue weighted by Gasteiger charge is 2.01. The smallest absolute Gasteiger partial charge is 0.224 e. The average Bonchev–Trinajstić information content (AvgIpc) is 2.39. The van der Waals surface area contributed by atoms with E-state index in [1.54, 1.807) is 25.3 Å². The van der Waals surface area contributed by atoms with Crippen molar-refractivity contribution in [2.75, 3.05) is 12.5 Å². The van der Waals surface area contributed by atoms with Gasteiger partial charge in [0.2, 0.25) is 5.88 Å². The van der Waals surface area contributed by atoms with Crippen molar-refractivity contribution in [1.29, 1.82) is 0 Å². The van der Waals surface area contributed by atoms with E-state index in [9.17, 15) is 0 Å². The Hall–Kier alpha value is -2.34. The molecular weight excluding hydrogens is 220 g/mol. The molecule has 0 atom stereocenters. The molecule has 0 aliphatic rings. The lowest BCUT2D eigenvalue weighted by atomic mass is 10.3. The molecule has 0 unspecified atom stereocenters. The Labute approximate surface area is 98.4 Å². The number of hydrogen-bond acceptors (Lipinski definition) is 6. The molecule has 1 aromatic carbocycles. The van der Waals surface area contributed by atoms with Gasteiger partial charge in [-0.1, -0.05) is 6.07 Å². The van der Waals surface area contributed by atoms with E-state index in [4.69, 9.17) is 15.3 Å². The van der Waals surface area contributed by atoms with Crippen LogP contribution in [0.25, 0.3) is 0 Å². The lowest BCUT2D eigenvalue weighted by Crippen LogP contribution is -2.08. The summed E-state index contributed by atoms with van der Waals surface area (Å²) in [5.41, 5.74) is 2.42. The summed E-state index contributed by atoms with van der Waals surface area (Å²) in [6, 6.07) is 8.83. The number of hydrazine groups is 1. The average molecular weight is 232 g/mol. The Morgan fingerprint density at radius 2 is 2.00 bits per heavy atom. The Kier molecular flexibility index (Phi) is 3.37. The number of nitrogens with one attached hydrogen (secondary N) is 1. The number of benzene rings is 1. The van der Waals surface area contributed by atoms with Gasteiger partial charge in [0, 0.05) is 12.1 Å². The van der Waals surface area contributed by atoms with Crippen LogP contribution in [0, 0.1) is 0 Å². The first-order valence-corrected chi connectivity index (χ1v) is 4.92. The van der Waals surface area contributed by atoms with E-state index in [2.05, 4.69) is 15.4 Å². The van der Waals surface area contributed by atoms with Gasteiger partial charge in [0.15, 0.2) is 0 Å². The van der Waals surface area contributed by atoms with E-state index >= 15 is 0 Å². The van der Waals surface area contributed by atoms with Crippen molar-refractivity contribution in [2.24, 2.45) is 5.84 Å². The molecule has 2 rings (SSSR count). The number of rotatable bonds is 4. The van der Waals surface area contributed by atoms with Crippen LogP contribution in [0.5, 0.6) is 17.4 Å². The van der Waals surface area contributed by atoms with Crippen LogP contribution < -0.4 is 20.7 Å².